The molecule has 1 atom stereocenters. The molecule has 1 amide bonds. The Morgan fingerprint density at radius 3 is 2.48 bits per heavy atom. The molecule has 0 radical (unpaired) electrons. The molecule has 4 rings (SSSR count). The first kappa shape index (κ1) is 20.9. The zero-order valence-corrected chi connectivity index (χ0v) is 18.0. The average molecular weight is 455 g/mol. The van der Waals surface area contributed by atoms with Crippen LogP contribution in [0.25, 0.3) is 11.0 Å². The van der Waals surface area contributed by atoms with Gasteiger partial charge in [0.25, 0.3) is 0 Å². The molecule has 8 nitrogen and oxygen atoms in total. The summed E-state index contributed by atoms with van der Waals surface area (Å²) in [6.45, 7) is 0. The van der Waals surface area contributed by atoms with E-state index in [-0.39, 0.29) is 10.4 Å². The number of para-hydroxylation sites is 2. The van der Waals surface area contributed by atoms with Crippen LogP contribution in [0.3, 0.4) is 0 Å². The zero-order chi connectivity index (χ0) is 21.8. The number of benzene rings is 3. The molecular weight excluding hydrogens is 436 g/mol. The highest BCUT2D eigenvalue weighted by Gasteiger charge is 2.29. The normalized spacial score (nSPS) is 12.4. The third kappa shape index (κ3) is 4.41. The van der Waals surface area contributed by atoms with Gasteiger partial charge in [0.1, 0.15) is 27.7 Å². The number of rotatable bonds is 7. The SMILES string of the molecule is COc1ccccc1NC(=O)C(NS(=O)(=O)c1cccc2nsnc12)c1ccccc1. The van der Waals surface area contributed by atoms with Gasteiger partial charge < -0.3 is 10.1 Å². The first-order chi connectivity index (χ1) is 15.0. The molecule has 0 saturated heterocycles. The van der Waals surface area contributed by atoms with Crippen LogP contribution >= 0.6 is 11.7 Å². The molecular formula is C21H18N4O4S2. The van der Waals surface area contributed by atoms with E-state index in [0.29, 0.717) is 22.5 Å². The fourth-order valence-corrected chi connectivity index (χ4v) is 5.04. The number of carbonyl (C=O) groups is 1. The molecule has 0 spiro atoms. The van der Waals surface area contributed by atoms with Crippen molar-refractivity contribution >= 4 is 44.4 Å². The number of nitrogens with one attached hydrogen (secondary N) is 2. The lowest BCUT2D eigenvalue weighted by atomic mass is 10.1. The molecule has 4 aromatic rings. The van der Waals surface area contributed by atoms with Crippen molar-refractivity contribution in [1.29, 1.82) is 0 Å². The van der Waals surface area contributed by atoms with Gasteiger partial charge in [0.05, 0.1) is 24.5 Å². The van der Waals surface area contributed by atoms with Crippen molar-refractivity contribution < 1.29 is 17.9 Å². The molecule has 2 N–H and O–H groups in total. The maximum Gasteiger partial charge on any atom is 0.247 e. The number of fused-ring (bicyclic) bond motifs is 1. The highest BCUT2D eigenvalue weighted by molar-refractivity contribution is 7.89. The van der Waals surface area contributed by atoms with E-state index in [1.165, 1.54) is 13.2 Å². The van der Waals surface area contributed by atoms with Crippen molar-refractivity contribution in [2.45, 2.75) is 10.9 Å². The summed E-state index contributed by atoms with van der Waals surface area (Å²) in [5.74, 6) is -0.0910. The molecule has 31 heavy (non-hydrogen) atoms. The molecule has 0 aliphatic rings. The molecule has 1 aromatic heterocycles. The second-order valence-corrected chi connectivity index (χ2v) is 8.75. The Hall–Kier alpha value is -3.34. The van der Waals surface area contributed by atoms with Crippen molar-refractivity contribution in [2.75, 3.05) is 12.4 Å². The van der Waals surface area contributed by atoms with Crippen molar-refractivity contribution in [3.05, 3.63) is 78.4 Å². The van der Waals surface area contributed by atoms with E-state index in [1.807, 2.05) is 0 Å². The van der Waals surface area contributed by atoms with E-state index in [9.17, 15) is 13.2 Å². The van der Waals surface area contributed by atoms with Crippen LogP contribution in [0.2, 0.25) is 0 Å². The Labute approximate surface area is 183 Å². The third-order valence-electron chi connectivity index (χ3n) is 4.57. The maximum absolute atomic E-state index is 13.2. The molecule has 10 heteroatoms. The number of hydrogen-bond donors (Lipinski definition) is 2. The minimum atomic E-state index is -4.10. The number of ether oxygens (including phenoxy) is 1. The lowest BCUT2D eigenvalue weighted by molar-refractivity contribution is -0.117. The second kappa shape index (κ2) is 8.80. The molecule has 0 saturated carbocycles. The molecule has 3 aromatic carbocycles. The van der Waals surface area contributed by atoms with E-state index in [2.05, 4.69) is 18.8 Å². The monoisotopic (exact) mass is 454 g/mol. The largest absolute Gasteiger partial charge is 0.495 e. The van der Waals surface area contributed by atoms with Gasteiger partial charge in [-0.1, -0.05) is 48.5 Å². The molecule has 1 unspecified atom stereocenters. The maximum atomic E-state index is 13.2. The number of carbonyl (C=O) groups excluding carboxylic acids is 1. The molecule has 0 fully saturated rings. The van der Waals surface area contributed by atoms with Crippen molar-refractivity contribution in [1.82, 2.24) is 13.5 Å². The van der Waals surface area contributed by atoms with E-state index in [1.54, 1.807) is 66.7 Å². The third-order valence-corrected chi connectivity index (χ3v) is 6.57. The Balaban J connectivity index is 1.70. The molecule has 158 valence electrons. The summed E-state index contributed by atoms with van der Waals surface area (Å²) in [6, 6.07) is 19.0. The lowest BCUT2D eigenvalue weighted by Gasteiger charge is -2.20. The smallest absolute Gasteiger partial charge is 0.247 e. The molecule has 1 heterocycles. The lowest BCUT2D eigenvalue weighted by Crippen LogP contribution is -2.37. The minimum absolute atomic E-state index is 0.0372. The van der Waals surface area contributed by atoms with E-state index in [0.717, 1.165) is 11.7 Å². The van der Waals surface area contributed by atoms with Crippen LogP contribution in [0, 0.1) is 0 Å². The van der Waals surface area contributed by atoms with Crippen LogP contribution in [-0.4, -0.2) is 30.2 Å². The Bertz CT molecular complexity index is 1320. The summed E-state index contributed by atoms with van der Waals surface area (Å²) >= 11 is 0.925. The van der Waals surface area contributed by atoms with Gasteiger partial charge in [-0.15, -0.1) is 0 Å². The number of hydrogen-bond acceptors (Lipinski definition) is 7. The summed E-state index contributed by atoms with van der Waals surface area (Å²) in [6.07, 6.45) is 0. The van der Waals surface area contributed by atoms with Crippen LogP contribution in [0.4, 0.5) is 5.69 Å². The highest BCUT2D eigenvalue weighted by atomic mass is 32.2. The quantitative estimate of drug-likeness (QED) is 0.443. The van der Waals surface area contributed by atoms with E-state index in [4.69, 9.17) is 4.74 Å². The van der Waals surface area contributed by atoms with Gasteiger partial charge in [-0.3, -0.25) is 4.79 Å². The predicted molar refractivity (Wildman–Crippen MR) is 119 cm³/mol. The first-order valence-corrected chi connectivity index (χ1v) is 11.4. The van der Waals surface area contributed by atoms with E-state index >= 15 is 0 Å². The topological polar surface area (TPSA) is 110 Å². The van der Waals surface area contributed by atoms with Gasteiger partial charge >= 0.3 is 0 Å². The standard InChI is InChI=1S/C21H18N4O4S2/c1-29-17-12-6-5-10-15(17)22-21(26)19(14-8-3-2-4-9-14)25-31(27,28)18-13-7-11-16-20(18)24-30-23-16/h2-13,19,25H,1H3,(H,22,26). The van der Waals surface area contributed by atoms with Gasteiger partial charge in [0, 0.05) is 0 Å². The van der Waals surface area contributed by atoms with Crippen LogP contribution < -0.4 is 14.8 Å². The highest BCUT2D eigenvalue weighted by Crippen LogP contribution is 2.27. The Kier molecular flexibility index (Phi) is 5.94. The molecule has 0 aliphatic heterocycles. The van der Waals surface area contributed by atoms with Crippen molar-refractivity contribution in [2.24, 2.45) is 0 Å². The fraction of sp³-hybridized carbons (Fsp3) is 0.0952. The summed E-state index contributed by atoms with van der Waals surface area (Å²) < 4.78 is 42.4. The Morgan fingerprint density at radius 2 is 1.71 bits per heavy atom. The minimum Gasteiger partial charge on any atom is -0.495 e. The number of nitrogens with zero attached hydrogens (tertiary/aromatic N) is 2. The van der Waals surface area contributed by atoms with Crippen LogP contribution in [0.1, 0.15) is 11.6 Å². The van der Waals surface area contributed by atoms with Crippen molar-refractivity contribution in [3.63, 3.8) is 0 Å². The van der Waals surface area contributed by atoms with Crippen LogP contribution in [0.5, 0.6) is 5.75 Å². The average Bonchev–Trinajstić information content (AvgIpc) is 3.27. The number of amides is 1. The van der Waals surface area contributed by atoms with Crippen LogP contribution in [0.15, 0.2) is 77.7 Å². The fourth-order valence-electron chi connectivity index (χ4n) is 3.09. The van der Waals surface area contributed by atoms with E-state index < -0.39 is 22.0 Å². The van der Waals surface area contributed by atoms with Crippen molar-refractivity contribution in [3.8, 4) is 5.75 Å². The predicted octanol–water partition coefficient (Wildman–Crippen LogP) is 3.36. The summed E-state index contributed by atoms with van der Waals surface area (Å²) in [5, 5.41) is 2.75. The molecule has 0 bridgehead atoms. The zero-order valence-electron chi connectivity index (χ0n) is 16.3. The van der Waals surface area contributed by atoms with Gasteiger partial charge in [-0.05, 0) is 29.8 Å². The van der Waals surface area contributed by atoms with Gasteiger partial charge in [0.15, 0.2) is 0 Å². The van der Waals surface area contributed by atoms with Gasteiger partial charge in [-0.25, -0.2) is 8.42 Å². The summed E-state index contributed by atoms with van der Waals surface area (Å²) in [5.41, 5.74) is 1.66. The van der Waals surface area contributed by atoms with Gasteiger partial charge in [0.2, 0.25) is 15.9 Å². The molecule has 0 aliphatic carbocycles. The summed E-state index contributed by atoms with van der Waals surface area (Å²) in [4.78, 5) is 13.1. The second-order valence-electron chi connectivity index (χ2n) is 6.54. The number of methoxy groups -OCH3 is 1. The summed E-state index contributed by atoms with van der Waals surface area (Å²) in [7, 11) is -2.60. The van der Waals surface area contributed by atoms with Gasteiger partial charge in [-0.2, -0.15) is 13.5 Å². The number of anilines is 1. The van der Waals surface area contributed by atoms with Crippen LogP contribution in [-0.2, 0) is 14.8 Å². The number of aromatic nitrogens is 2. The first-order valence-electron chi connectivity index (χ1n) is 9.22. The Morgan fingerprint density at radius 1 is 0.968 bits per heavy atom. The number of sulfonamides is 1.